The van der Waals surface area contributed by atoms with Crippen molar-refractivity contribution in [3.63, 3.8) is 0 Å². The number of nitrogens with zero attached hydrogens (tertiary/aromatic N) is 1. The third kappa shape index (κ3) is 4.86. The second-order valence-electron chi connectivity index (χ2n) is 5.03. The van der Waals surface area contributed by atoms with Gasteiger partial charge in [0, 0.05) is 17.6 Å². The molecule has 0 aliphatic heterocycles. The van der Waals surface area contributed by atoms with E-state index in [0.29, 0.717) is 0 Å². The van der Waals surface area contributed by atoms with Crippen LogP contribution < -0.4 is 4.74 Å². The summed E-state index contributed by atoms with van der Waals surface area (Å²) in [5.74, 6) is 1.54. The number of amides is 1. The van der Waals surface area contributed by atoms with E-state index < -0.39 is 0 Å². The van der Waals surface area contributed by atoms with Crippen LogP contribution in [0.5, 0.6) is 5.75 Å². The average Bonchev–Trinajstić information content (AvgIpc) is 3.19. The molecule has 1 saturated carbocycles. The number of benzene rings is 1. The molecule has 4 heteroatoms. The minimum atomic E-state index is 0.0914. The Kier molecular flexibility index (Phi) is 5.25. The Hall–Kier alpha value is -1.03. The van der Waals surface area contributed by atoms with Crippen molar-refractivity contribution in [3.05, 3.63) is 28.7 Å². The van der Waals surface area contributed by atoms with Crippen molar-refractivity contribution in [2.24, 2.45) is 5.92 Å². The normalized spacial score (nSPS) is 14.2. The lowest BCUT2D eigenvalue weighted by Gasteiger charge is -2.22. The summed E-state index contributed by atoms with van der Waals surface area (Å²) in [7, 11) is 0. The Balaban J connectivity index is 1.83. The lowest BCUT2D eigenvalue weighted by molar-refractivity contribution is -0.133. The van der Waals surface area contributed by atoms with Gasteiger partial charge in [0.25, 0.3) is 5.91 Å². The maximum atomic E-state index is 12.1. The molecule has 0 spiro atoms. The number of carbonyl (C=O) groups is 1. The smallest absolute Gasteiger partial charge is 0.260 e. The predicted octanol–water partition coefficient (Wildman–Crippen LogP) is 3.48. The van der Waals surface area contributed by atoms with Crippen molar-refractivity contribution >= 4 is 21.8 Å². The van der Waals surface area contributed by atoms with E-state index >= 15 is 0 Å². The van der Waals surface area contributed by atoms with Crippen LogP contribution in [0, 0.1) is 5.92 Å². The van der Waals surface area contributed by atoms with Gasteiger partial charge >= 0.3 is 0 Å². The summed E-state index contributed by atoms with van der Waals surface area (Å²) in [5, 5.41) is 0. The second-order valence-corrected chi connectivity index (χ2v) is 5.94. The lowest BCUT2D eigenvalue weighted by atomic mass is 10.3. The maximum Gasteiger partial charge on any atom is 0.260 e. The fourth-order valence-corrected chi connectivity index (χ4v) is 2.37. The Morgan fingerprint density at radius 1 is 1.47 bits per heavy atom. The number of halogens is 1. The maximum absolute atomic E-state index is 12.1. The highest BCUT2D eigenvalue weighted by molar-refractivity contribution is 9.10. The van der Waals surface area contributed by atoms with E-state index in [0.717, 1.165) is 35.7 Å². The molecule has 19 heavy (non-hydrogen) atoms. The minimum absolute atomic E-state index is 0.0914. The fraction of sp³-hybridized carbons (Fsp3) is 0.533. The SMILES string of the molecule is CCCN(CC1CC1)C(=O)COc1cccc(Br)c1. The molecule has 1 aliphatic rings. The first-order chi connectivity index (χ1) is 9.19. The van der Waals surface area contributed by atoms with Gasteiger partial charge in [-0.25, -0.2) is 0 Å². The van der Waals surface area contributed by atoms with Crippen molar-refractivity contribution in [1.29, 1.82) is 0 Å². The summed E-state index contributed by atoms with van der Waals surface area (Å²) in [6, 6.07) is 7.57. The number of ether oxygens (including phenoxy) is 1. The summed E-state index contributed by atoms with van der Waals surface area (Å²) in [6.45, 7) is 3.96. The van der Waals surface area contributed by atoms with Gasteiger partial charge in [-0.2, -0.15) is 0 Å². The van der Waals surface area contributed by atoms with Crippen molar-refractivity contribution in [2.75, 3.05) is 19.7 Å². The minimum Gasteiger partial charge on any atom is -0.484 e. The van der Waals surface area contributed by atoms with Gasteiger partial charge in [0.1, 0.15) is 5.75 Å². The van der Waals surface area contributed by atoms with Gasteiger partial charge in [-0.15, -0.1) is 0 Å². The van der Waals surface area contributed by atoms with Crippen LogP contribution in [0.2, 0.25) is 0 Å². The van der Waals surface area contributed by atoms with Crippen LogP contribution in [0.3, 0.4) is 0 Å². The molecule has 3 nitrogen and oxygen atoms in total. The van der Waals surface area contributed by atoms with Gasteiger partial charge in [-0.05, 0) is 43.4 Å². The van der Waals surface area contributed by atoms with E-state index in [1.807, 2.05) is 29.2 Å². The molecule has 0 atom stereocenters. The third-order valence-corrected chi connectivity index (χ3v) is 3.67. The van der Waals surface area contributed by atoms with E-state index in [1.165, 1.54) is 12.8 Å². The van der Waals surface area contributed by atoms with Crippen LogP contribution >= 0.6 is 15.9 Å². The van der Waals surface area contributed by atoms with Crippen molar-refractivity contribution in [2.45, 2.75) is 26.2 Å². The summed E-state index contributed by atoms with van der Waals surface area (Å²) in [6.07, 6.45) is 3.52. The van der Waals surface area contributed by atoms with Crippen LogP contribution in [0.15, 0.2) is 28.7 Å². The molecule has 1 aliphatic carbocycles. The first kappa shape index (κ1) is 14.4. The number of hydrogen-bond donors (Lipinski definition) is 0. The Labute approximate surface area is 123 Å². The zero-order chi connectivity index (χ0) is 13.7. The second kappa shape index (κ2) is 6.94. The highest BCUT2D eigenvalue weighted by Gasteiger charge is 2.26. The summed E-state index contributed by atoms with van der Waals surface area (Å²) >= 11 is 3.39. The molecule has 2 rings (SSSR count). The molecule has 0 heterocycles. The van der Waals surface area contributed by atoms with Crippen LogP contribution in [-0.4, -0.2) is 30.5 Å². The highest BCUT2D eigenvalue weighted by Crippen LogP contribution is 2.29. The topological polar surface area (TPSA) is 29.5 Å². The molecule has 1 amide bonds. The molecule has 104 valence electrons. The van der Waals surface area contributed by atoms with E-state index in [4.69, 9.17) is 4.74 Å². The molecular weight excluding hydrogens is 306 g/mol. The van der Waals surface area contributed by atoms with Gasteiger partial charge in [0.2, 0.25) is 0 Å². The number of carbonyl (C=O) groups excluding carboxylic acids is 1. The number of rotatable bonds is 7. The summed E-state index contributed by atoms with van der Waals surface area (Å²) in [4.78, 5) is 14.1. The predicted molar refractivity (Wildman–Crippen MR) is 79.2 cm³/mol. The highest BCUT2D eigenvalue weighted by atomic mass is 79.9. The molecule has 0 unspecified atom stereocenters. The molecular formula is C15H20BrNO2. The summed E-state index contributed by atoms with van der Waals surface area (Å²) < 4.78 is 6.52. The molecule has 1 aromatic carbocycles. The van der Waals surface area contributed by atoms with Gasteiger partial charge in [-0.1, -0.05) is 28.9 Å². The van der Waals surface area contributed by atoms with Gasteiger partial charge in [-0.3, -0.25) is 4.79 Å². The number of hydrogen-bond acceptors (Lipinski definition) is 2. The lowest BCUT2D eigenvalue weighted by Crippen LogP contribution is -2.37. The molecule has 0 saturated heterocycles. The van der Waals surface area contributed by atoms with Crippen LogP contribution in [0.1, 0.15) is 26.2 Å². The molecule has 1 fully saturated rings. The monoisotopic (exact) mass is 325 g/mol. The molecule has 0 bridgehead atoms. The molecule has 0 aromatic heterocycles. The quantitative estimate of drug-likeness (QED) is 0.768. The van der Waals surface area contributed by atoms with E-state index in [2.05, 4.69) is 22.9 Å². The first-order valence-corrected chi connectivity index (χ1v) is 7.64. The van der Waals surface area contributed by atoms with E-state index in [-0.39, 0.29) is 12.5 Å². The van der Waals surface area contributed by atoms with Gasteiger partial charge in [0.05, 0.1) is 0 Å². The Morgan fingerprint density at radius 2 is 2.26 bits per heavy atom. The van der Waals surface area contributed by atoms with Gasteiger partial charge < -0.3 is 9.64 Å². The largest absolute Gasteiger partial charge is 0.484 e. The van der Waals surface area contributed by atoms with Gasteiger partial charge in [0.15, 0.2) is 6.61 Å². The van der Waals surface area contributed by atoms with Crippen molar-refractivity contribution in [3.8, 4) is 5.75 Å². The molecule has 0 N–H and O–H groups in total. The standard InChI is InChI=1S/C15H20BrNO2/c1-2-8-17(10-12-6-7-12)15(18)11-19-14-5-3-4-13(16)9-14/h3-5,9,12H,2,6-8,10-11H2,1H3. The third-order valence-electron chi connectivity index (χ3n) is 3.18. The zero-order valence-electron chi connectivity index (χ0n) is 11.3. The first-order valence-electron chi connectivity index (χ1n) is 6.85. The summed E-state index contributed by atoms with van der Waals surface area (Å²) in [5.41, 5.74) is 0. The Bertz CT molecular complexity index is 432. The molecule has 1 aromatic rings. The molecule has 0 radical (unpaired) electrons. The van der Waals surface area contributed by atoms with Crippen molar-refractivity contribution in [1.82, 2.24) is 4.90 Å². The zero-order valence-corrected chi connectivity index (χ0v) is 12.9. The van der Waals surface area contributed by atoms with Crippen LogP contribution in [0.4, 0.5) is 0 Å². The van der Waals surface area contributed by atoms with Crippen molar-refractivity contribution < 1.29 is 9.53 Å². The van der Waals surface area contributed by atoms with E-state index in [9.17, 15) is 4.79 Å². The van der Waals surface area contributed by atoms with Crippen LogP contribution in [-0.2, 0) is 4.79 Å². The van der Waals surface area contributed by atoms with E-state index in [1.54, 1.807) is 0 Å². The Morgan fingerprint density at radius 3 is 2.89 bits per heavy atom. The fourth-order valence-electron chi connectivity index (χ4n) is 1.99. The average molecular weight is 326 g/mol. The van der Waals surface area contributed by atoms with Crippen LogP contribution in [0.25, 0.3) is 0 Å².